The first kappa shape index (κ1) is 40.2. The standard InChI is InChI=1S/C43H46Cl2N6O6/c1-43(2,3)57-42(54)50(25-29-14-16-37(52)48-29)24-27-13-15-35(49-40(27)55-4)34-12-6-11-33(39(34)45)32-10-5-9-31(38(32)44)26-17-18-51-36(20-26)47-22-28(41(51)53)21-46-23-30-8-7-19-56-30/h5-6,9-13,15,17-18,20,22,29-30,46H,7-8,14,16,19,21,23-25H2,1-4H3,(H,48,52)/t29-,30-/m0/s1. The second kappa shape index (κ2) is 17.2. The number of hydrogen-bond donors (Lipinski definition) is 2. The van der Waals surface area contributed by atoms with Crippen molar-refractivity contribution in [2.24, 2.45) is 0 Å². The van der Waals surface area contributed by atoms with Gasteiger partial charge in [-0.15, -0.1) is 0 Å². The van der Waals surface area contributed by atoms with E-state index in [-0.39, 0.29) is 36.7 Å². The second-order valence-corrected chi connectivity index (χ2v) is 16.1. The first-order chi connectivity index (χ1) is 27.4. The Morgan fingerprint density at radius 1 is 1.00 bits per heavy atom. The normalized spacial score (nSPS) is 16.8. The Morgan fingerprint density at radius 3 is 2.42 bits per heavy atom. The summed E-state index contributed by atoms with van der Waals surface area (Å²) in [5.74, 6) is 0.288. The molecule has 2 atom stereocenters. The van der Waals surface area contributed by atoms with E-state index in [1.54, 1.807) is 21.7 Å². The lowest BCUT2D eigenvalue weighted by molar-refractivity contribution is -0.119. The van der Waals surface area contributed by atoms with E-state index >= 15 is 0 Å². The van der Waals surface area contributed by atoms with Gasteiger partial charge in [0.25, 0.3) is 5.56 Å². The summed E-state index contributed by atoms with van der Waals surface area (Å²) >= 11 is 14.3. The predicted octanol–water partition coefficient (Wildman–Crippen LogP) is 7.69. The maximum atomic E-state index is 13.3. The molecule has 5 heterocycles. The average molecular weight is 814 g/mol. The SMILES string of the molecule is COc1nc(-c2cccc(-c3cccc(-c4ccn5c(=O)c(CNC[C@@H]6CCCO6)cnc5c4)c3Cl)c2Cl)ccc1CN(C[C@@H]1CCC(=O)N1)C(=O)OC(C)(C)C. The zero-order valence-corrected chi connectivity index (χ0v) is 34.0. The highest BCUT2D eigenvalue weighted by Gasteiger charge is 2.29. The minimum absolute atomic E-state index is 0.0350. The van der Waals surface area contributed by atoms with E-state index in [1.165, 1.54) is 7.11 Å². The molecule has 57 heavy (non-hydrogen) atoms. The number of carbonyl (C=O) groups excluding carboxylic acids is 2. The van der Waals surface area contributed by atoms with Crippen LogP contribution in [0.1, 0.15) is 57.6 Å². The van der Waals surface area contributed by atoms with Gasteiger partial charge in [-0.05, 0) is 69.9 Å². The number of nitrogens with zero attached hydrogens (tertiary/aromatic N) is 4. The molecular weight excluding hydrogens is 767 g/mol. The molecule has 0 unspecified atom stereocenters. The molecule has 2 saturated heterocycles. The number of methoxy groups -OCH3 is 1. The third-order valence-corrected chi connectivity index (χ3v) is 10.9. The summed E-state index contributed by atoms with van der Waals surface area (Å²) in [5, 5.41) is 7.19. The van der Waals surface area contributed by atoms with Gasteiger partial charge in [0.05, 0.1) is 35.5 Å². The Kier molecular flexibility index (Phi) is 12.2. The third-order valence-electron chi connectivity index (χ3n) is 10.0. The van der Waals surface area contributed by atoms with Crippen LogP contribution < -0.4 is 20.9 Å². The summed E-state index contributed by atoms with van der Waals surface area (Å²) in [7, 11) is 1.52. The predicted molar refractivity (Wildman–Crippen MR) is 221 cm³/mol. The fourth-order valence-electron chi connectivity index (χ4n) is 7.21. The van der Waals surface area contributed by atoms with Crippen LogP contribution in [0, 0.1) is 0 Å². The van der Waals surface area contributed by atoms with Crippen LogP contribution in [0.25, 0.3) is 39.2 Å². The number of hydrogen-bond acceptors (Lipinski definition) is 9. The lowest BCUT2D eigenvalue weighted by Crippen LogP contribution is -2.43. The quantitative estimate of drug-likeness (QED) is 0.130. The van der Waals surface area contributed by atoms with Gasteiger partial charge in [0.15, 0.2) is 0 Å². The number of halogens is 2. The number of amides is 2. The number of benzene rings is 2. The largest absolute Gasteiger partial charge is 0.481 e. The van der Waals surface area contributed by atoms with Gasteiger partial charge in [0.1, 0.15) is 11.2 Å². The van der Waals surface area contributed by atoms with Crippen molar-refractivity contribution >= 4 is 40.8 Å². The van der Waals surface area contributed by atoms with E-state index in [9.17, 15) is 14.4 Å². The highest BCUT2D eigenvalue weighted by Crippen LogP contribution is 2.42. The maximum absolute atomic E-state index is 13.3. The maximum Gasteiger partial charge on any atom is 0.410 e. The van der Waals surface area contributed by atoms with Crippen molar-refractivity contribution in [3.63, 3.8) is 0 Å². The van der Waals surface area contributed by atoms with E-state index in [0.29, 0.717) is 75.5 Å². The first-order valence-electron chi connectivity index (χ1n) is 19.1. The van der Waals surface area contributed by atoms with E-state index in [4.69, 9.17) is 42.4 Å². The van der Waals surface area contributed by atoms with Crippen LogP contribution in [0.5, 0.6) is 5.88 Å². The molecule has 298 valence electrons. The number of rotatable bonds is 12. The number of nitrogens with one attached hydrogen (secondary N) is 2. The van der Waals surface area contributed by atoms with E-state index in [1.807, 2.05) is 81.4 Å². The summed E-state index contributed by atoms with van der Waals surface area (Å²) in [5.41, 5.74) is 5.10. The molecule has 12 nitrogen and oxygen atoms in total. The fourth-order valence-corrected chi connectivity index (χ4v) is 7.87. The Hall–Kier alpha value is -5.01. The number of ether oxygens (including phenoxy) is 3. The van der Waals surface area contributed by atoms with Gasteiger partial charge in [-0.1, -0.05) is 59.6 Å². The smallest absolute Gasteiger partial charge is 0.410 e. The molecule has 2 aliphatic rings. The average Bonchev–Trinajstić information content (AvgIpc) is 3.86. The molecule has 0 spiro atoms. The lowest BCUT2D eigenvalue weighted by Gasteiger charge is -2.29. The van der Waals surface area contributed by atoms with Gasteiger partial charge in [0.2, 0.25) is 11.8 Å². The Morgan fingerprint density at radius 2 is 1.74 bits per heavy atom. The molecule has 2 amide bonds. The number of fused-ring (bicyclic) bond motifs is 1. The van der Waals surface area contributed by atoms with Crippen LogP contribution in [0.3, 0.4) is 0 Å². The van der Waals surface area contributed by atoms with Crippen molar-refractivity contribution in [1.29, 1.82) is 0 Å². The third kappa shape index (κ3) is 9.26. The molecular formula is C43H46Cl2N6O6. The van der Waals surface area contributed by atoms with Crippen LogP contribution in [-0.4, -0.2) is 75.8 Å². The van der Waals surface area contributed by atoms with Crippen molar-refractivity contribution in [3.05, 3.63) is 105 Å². The van der Waals surface area contributed by atoms with Gasteiger partial charge in [-0.3, -0.25) is 14.0 Å². The van der Waals surface area contributed by atoms with Gasteiger partial charge in [-0.2, -0.15) is 0 Å². The minimum Gasteiger partial charge on any atom is -0.481 e. The monoisotopic (exact) mass is 812 g/mol. The van der Waals surface area contributed by atoms with Gasteiger partial charge in [-0.25, -0.2) is 14.8 Å². The molecule has 2 N–H and O–H groups in total. The van der Waals surface area contributed by atoms with Crippen LogP contribution in [0.4, 0.5) is 4.79 Å². The summed E-state index contributed by atoms with van der Waals surface area (Å²) < 4.78 is 18.7. The summed E-state index contributed by atoms with van der Waals surface area (Å²) in [6.45, 7) is 7.76. The molecule has 0 bridgehead atoms. The molecule has 7 rings (SSSR count). The van der Waals surface area contributed by atoms with E-state index in [2.05, 4.69) is 15.6 Å². The highest BCUT2D eigenvalue weighted by molar-refractivity contribution is 6.39. The zero-order valence-electron chi connectivity index (χ0n) is 32.4. The Labute approximate surface area is 341 Å². The van der Waals surface area contributed by atoms with E-state index < -0.39 is 11.7 Å². The van der Waals surface area contributed by atoms with E-state index in [0.717, 1.165) is 36.1 Å². The van der Waals surface area contributed by atoms with Gasteiger partial charge in [0, 0.05) is 84.5 Å². The molecule has 2 fully saturated rings. The van der Waals surface area contributed by atoms with Crippen LogP contribution in [0.15, 0.2) is 77.9 Å². The summed E-state index contributed by atoms with van der Waals surface area (Å²) in [6.07, 6.45) is 6.17. The molecule has 0 aliphatic carbocycles. The van der Waals surface area contributed by atoms with Gasteiger partial charge >= 0.3 is 6.09 Å². The first-order valence-corrected chi connectivity index (χ1v) is 19.9. The zero-order chi connectivity index (χ0) is 40.3. The van der Waals surface area contributed by atoms with Crippen molar-refractivity contribution < 1.29 is 23.8 Å². The summed E-state index contributed by atoms with van der Waals surface area (Å²) in [4.78, 5) is 49.5. The molecule has 5 aromatic rings. The van der Waals surface area contributed by atoms with Crippen molar-refractivity contribution in [1.82, 2.24) is 29.9 Å². The lowest BCUT2D eigenvalue weighted by atomic mass is 9.97. The molecule has 2 aliphatic heterocycles. The van der Waals surface area contributed by atoms with Crippen LogP contribution >= 0.6 is 23.2 Å². The van der Waals surface area contributed by atoms with Crippen molar-refractivity contribution in [2.75, 3.05) is 26.8 Å². The van der Waals surface area contributed by atoms with Gasteiger partial charge < -0.3 is 29.7 Å². The Balaban J connectivity index is 1.13. The minimum atomic E-state index is -0.703. The fraction of sp³-hybridized carbons (Fsp3) is 0.372. The molecule has 14 heteroatoms. The molecule has 3 aromatic heterocycles. The Bertz CT molecular complexity index is 2360. The molecule has 0 radical (unpaired) electrons. The number of pyridine rings is 2. The number of carbonyl (C=O) groups is 2. The second-order valence-electron chi connectivity index (χ2n) is 15.4. The molecule has 0 saturated carbocycles. The van der Waals surface area contributed by atoms with Crippen molar-refractivity contribution in [2.45, 2.75) is 77.3 Å². The number of aromatic nitrogens is 3. The van der Waals surface area contributed by atoms with Crippen LogP contribution in [0.2, 0.25) is 10.0 Å². The summed E-state index contributed by atoms with van der Waals surface area (Å²) in [6, 6.07) is 18.6. The highest BCUT2D eigenvalue weighted by atomic mass is 35.5. The van der Waals surface area contributed by atoms with Crippen LogP contribution in [-0.2, 0) is 27.4 Å². The molecule has 2 aromatic carbocycles. The van der Waals surface area contributed by atoms with Crippen molar-refractivity contribution in [3.8, 4) is 39.4 Å². The topological polar surface area (TPSA) is 136 Å².